The van der Waals surface area contributed by atoms with Gasteiger partial charge in [-0.1, -0.05) is 49.9 Å². The molecule has 0 saturated heterocycles. The smallest absolute Gasteiger partial charge is 0.873 e. The topological polar surface area (TPSA) is 46.1 Å². The second kappa shape index (κ2) is 6.73. The van der Waals surface area contributed by atoms with Crippen LogP contribution in [0.25, 0.3) is 0 Å². The second-order valence-corrected chi connectivity index (χ2v) is 3.54. The fourth-order valence-electron chi connectivity index (χ4n) is 1.58. The first-order chi connectivity index (χ1) is 6.70. The van der Waals surface area contributed by atoms with Crippen LogP contribution in [0.5, 0.6) is 11.5 Å². The summed E-state index contributed by atoms with van der Waals surface area (Å²) in [5, 5.41) is 23.1. The average Bonchev–Trinajstić information content (AvgIpc) is 2.18. The normalized spacial score (nSPS) is 9.73. The maximum atomic E-state index is 11.5. The van der Waals surface area contributed by atoms with Gasteiger partial charge in [-0.3, -0.25) is 0 Å². The van der Waals surface area contributed by atoms with Crippen LogP contribution in [0.4, 0.5) is 0 Å². The Balaban J connectivity index is 0.00000196. The Morgan fingerprint density at radius 2 is 1.20 bits per heavy atom. The quantitative estimate of drug-likeness (QED) is 0.765. The number of aryl methyl sites for hydroxylation is 2. The van der Waals surface area contributed by atoms with E-state index in [-0.39, 0.29) is 28.0 Å². The maximum absolute atomic E-state index is 11.5. The van der Waals surface area contributed by atoms with E-state index >= 15 is 0 Å². The SMILES string of the molecule is CCCc1ccc(CCC)c([O-])c1[O-].[Ni+2]. The van der Waals surface area contributed by atoms with Gasteiger partial charge in [0.15, 0.2) is 0 Å². The van der Waals surface area contributed by atoms with Crippen molar-refractivity contribution in [2.75, 3.05) is 0 Å². The van der Waals surface area contributed by atoms with E-state index in [1.54, 1.807) is 12.1 Å². The first kappa shape index (κ1) is 14.3. The Bertz CT molecular complexity index is 280. The molecule has 0 atom stereocenters. The molecule has 86 valence electrons. The molecule has 0 bridgehead atoms. The van der Waals surface area contributed by atoms with Crippen LogP contribution >= 0.6 is 0 Å². The van der Waals surface area contributed by atoms with Crippen LogP contribution in [0.15, 0.2) is 12.1 Å². The van der Waals surface area contributed by atoms with Crippen LogP contribution in [-0.4, -0.2) is 0 Å². The van der Waals surface area contributed by atoms with Gasteiger partial charge in [-0.2, -0.15) is 0 Å². The zero-order valence-electron chi connectivity index (χ0n) is 9.12. The summed E-state index contributed by atoms with van der Waals surface area (Å²) in [5.74, 6) is -0.587. The van der Waals surface area contributed by atoms with Crippen molar-refractivity contribution in [3.05, 3.63) is 23.3 Å². The van der Waals surface area contributed by atoms with Gasteiger partial charge in [0.25, 0.3) is 0 Å². The summed E-state index contributed by atoms with van der Waals surface area (Å²) in [6.45, 7) is 4.01. The summed E-state index contributed by atoms with van der Waals surface area (Å²) in [4.78, 5) is 0. The Kier molecular flexibility index (Phi) is 6.43. The van der Waals surface area contributed by atoms with Gasteiger partial charge in [-0.25, -0.2) is 0 Å². The van der Waals surface area contributed by atoms with Gasteiger partial charge in [-0.15, -0.1) is 11.5 Å². The minimum absolute atomic E-state index is 0. The fraction of sp³-hybridized carbons (Fsp3) is 0.500. The molecule has 1 rings (SSSR count). The van der Waals surface area contributed by atoms with Crippen molar-refractivity contribution in [1.29, 1.82) is 0 Å². The molecule has 1 aromatic carbocycles. The molecule has 3 heteroatoms. The summed E-state index contributed by atoms with van der Waals surface area (Å²) in [6.07, 6.45) is 3.23. The molecule has 0 aliphatic heterocycles. The summed E-state index contributed by atoms with van der Waals surface area (Å²) < 4.78 is 0. The van der Waals surface area contributed by atoms with E-state index in [1.807, 2.05) is 13.8 Å². The van der Waals surface area contributed by atoms with Crippen molar-refractivity contribution < 1.29 is 26.7 Å². The molecule has 0 saturated carbocycles. The standard InChI is InChI=1S/C12H18O2.Ni/c1-3-5-9-7-8-10(6-4-2)12(14)11(9)13;/h7-8,13-14H,3-6H2,1-2H3;/q;+2/p-2. The van der Waals surface area contributed by atoms with E-state index in [4.69, 9.17) is 0 Å². The van der Waals surface area contributed by atoms with Crippen molar-refractivity contribution in [1.82, 2.24) is 0 Å². The van der Waals surface area contributed by atoms with E-state index in [1.165, 1.54) is 0 Å². The average molecular weight is 251 g/mol. The maximum Gasteiger partial charge on any atom is 2.00 e. The summed E-state index contributed by atoms with van der Waals surface area (Å²) in [7, 11) is 0. The summed E-state index contributed by atoms with van der Waals surface area (Å²) in [6, 6.07) is 3.61. The van der Waals surface area contributed by atoms with Crippen LogP contribution in [0, 0.1) is 0 Å². The molecule has 2 nitrogen and oxygen atoms in total. The van der Waals surface area contributed by atoms with E-state index in [9.17, 15) is 10.2 Å². The molecule has 1 aromatic rings. The summed E-state index contributed by atoms with van der Waals surface area (Å²) >= 11 is 0. The van der Waals surface area contributed by atoms with Gasteiger partial charge in [0.1, 0.15) is 0 Å². The van der Waals surface area contributed by atoms with Gasteiger partial charge in [0, 0.05) is 0 Å². The zero-order chi connectivity index (χ0) is 10.6. The molecule has 0 radical (unpaired) electrons. The molecule has 15 heavy (non-hydrogen) atoms. The molecule has 0 heterocycles. The molecule has 0 spiro atoms. The van der Waals surface area contributed by atoms with Gasteiger partial charge in [0.2, 0.25) is 0 Å². The van der Waals surface area contributed by atoms with Gasteiger partial charge >= 0.3 is 16.5 Å². The van der Waals surface area contributed by atoms with Crippen LogP contribution < -0.4 is 10.2 Å². The Labute approximate surface area is 101 Å². The van der Waals surface area contributed by atoms with Gasteiger partial charge in [0.05, 0.1) is 0 Å². The molecule has 0 fully saturated rings. The van der Waals surface area contributed by atoms with Crippen molar-refractivity contribution in [3.8, 4) is 11.5 Å². The monoisotopic (exact) mass is 250 g/mol. The Morgan fingerprint density at radius 3 is 1.47 bits per heavy atom. The third kappa shape index (κ3) is 3.42. The number of hydrogen-bond donors (Lipinski definition) is 0. The van der Waals surface area contributed by atoms with Crippen LogP contribution in [0.3, 0.4) is 0 Å². The minimum atomic E-state index is -0.294. The van der Waals surface area contributed by atoms with Crippen molar-refractivity contribution in [3.63, 3.8) is 0 Å². The molecule has 0 aliphatic carbocycles. The molecular weight excluding hydrogens is 235 g/mol. The molecule has 0 unspecified atom stereocenters. The predicted octanol–water partition coefficient (Wildman–Crippen LogP) is 1.74. The third-order valence-corrected chi connectivity index (χ3v) is 2.31. The number of hydrogen-bond acceptors (Lipinski definition) is 2. The van der Waals surface area contributed by atoms with Crippen LogP contribution in [0.1, 0.15) is 37.8 Å². The molecule has 0 aliphatic rings. The number of benzene rings is 1. The molecule has 0 aromatic heterocycles. The van der Waals surface area contributed by atoms with Crippen molar-refractivity contribution in [2.45, 2.75) is 39.5 Å². The van der Waals surface area contributed by atoms with Crippen molar-refractivity contribution >= 4 is 0 Å². The van der Waals surface area contributed by atoms with E-state index in [0.717, 1.165) is 12.8 Å². The summed E-state index contributed by atoms with van der Waals surface area (Å²) in [5.41, 5.74) is 1.33. The van der Waals surface area contributed by atoms with E-state index < -0.39 is 0 Å². The molecular formula is C12H16NiO2. The fourth-order valence-corrected chi connectivity index (χ4v) is 1.58. The first-order valence-corrected chi connectivity index (χ1v) is 5.19. The predicted molar refractivity (Wildman–Crippen MR) is 53.3 cm³/mol. The van der Waals surface area contributed by atoms with Gasteiger partial charge < -0.3 is 10.2 Å². The Hall–Kier alpha value is -0.686. The molecule has 0 amide bonds. The first-order valence-electron chi connectivity index (χ1n) is 5.19. The number of rotatable bonds is 4. The van der Waals surface area contributed by atoms with Crippen LogP contribution in [0.2, 0.25) is 0 Å². The third-order valence-electron chi connectivity index (χ3n) is 2.31. The second-order valence-electron chi connectivity index (χ2n) is 3.54. The largest absolute Gasteiger partial charge is 2.00 e. The Morgan fingerprint density at radius 1 is 0.867 bits per heavy atom. The molecule has 0 N–H and O–H groups in total. The van der Waals surface area contributed by atoms with Crippen molar-refractivity contribution in [2.24, 2.45) is 0 Å². The minimum Gasteiger partial charge on any atom is -0.873 e. The van der Waals surface area contributed by atoms with Crippen LogP contribution in [-0.2, 0) is 29.3 Å². The zero-order valence-corrected chi connectivity index (χ0v) is 10.1. The van der Waals surface area contributed by atoms with Gasteiger partial charge in [-0.05, 0) is 12.8 Å². The van der Waals surface area contributed by atoms with E-state index in [0.29, 0.717) is 24.0 Å². The van der Waals surface area contributed by atoms with E-state index in [2.05, 4.69) is 0 Å².